The average molecular weight is 494 g/mol. The molecule has 2 aromatic carbocycles. The lowest BCUT2D eigenvalue weighted by molar-refractivity contribution is 0.178. The number of ether oxygens (including phenoxy) is 2. The Balaban J connectivity index is 1.56. The predicted octanol–water partition coefficient (Wildman–Crippen LogP) is 2.92. The minimum absolute atomic E-state index is 0.106. The summed E-state index contributed by atoms with van der Waals surface area (Å²) in [6.07, 6.45) is 4.85. The van der Waals surface area contributed by atoms with Gasteiger partial charge in [-0.25, -0.2) is 9.97 Å². The molecule has 3 aromatic rings. The van der Waals surface area contributed by atoms with Gasteiger partial charge in [0.1, 0.15) is 25.4 Å². The van der Waals surface area contributed by atoms with Gasteiger partial charge < -0.3 is 34.8 Å². The molecule has 0 radical (unpaired) electrons. The lowest BCUT2D eigenvalue weighted by atomic mass is 9.94. The van der Waals surface area contributed by atoms with Crippen LogP contribution in [0.5, 0.6) is 11.5 Å². The number of nitrogens with zero attached hydrogens (tertiary/aromatic N) is 4. The van der Waals surface area contributed by atoms with Crippen LogP contribution in [-0.2, 0) is 6.42 Å². The number of nitrogens with one attached hydrogen (secondary N) is 1. The van der Waals surface area contributed by atoms with E-state index in [4.69, 9.17) is 14.5 Å². The van der Waals surface area contributed by atoms with Crippen LogP contribution in [0, 0.1) is 0 Å². The maximum atomic E-state index is 9.31. The molecule has 0 bridgehead atoms. The molecule has 1 aromatic heterocycles. The van der Waals surface area contributed by atoms with Crippen LogP contribution in [0.3, 0.4) is 0 Å². The van der Waals surface area contributed by atoms with Gasteiger partial charge >= 0.3 is 0 Å². The van der Waals surface area contributed by atoms with Crippen LogP contribution < -0.4 is 19.7 Å². The Morgan fingerprint density at radius 3 is 2.58 bits per heavy atom. The van der Waals surface area contributed by atoms with E-state index >= 15 is 0 Å². The minimum atomic E-state index is -0.108. The van der Waals surface area contributed by atoms with Gasteiger partial charge in [0.05, 0.1) is 18.7 Å². The molecule has 1 unspecified atom stereocenters. The zero-order valence-electron chi connectivity index (χ0n) is 21.0. The first-order valence-electron chi connectivity index (χ1n) is 12.7. The van der Waals surface area contributed by atoms with E-state index in [9.17, 15) is 10.2 Å². The Morgan fingerprint density at radius 1 is 1.06 bits per heavy atom. The zero-order chi connectivity index (χ0) is 25.1. The lowest BCUT2D eigenvalue weighted by Gasteiger charge is -2.22. The van der Waals surface area contributed by atoms with Gasteiger partial charge in [0, 0.05) is 41.8 Å². The molecule has 0 spiro atoms. The van der Waals surface area contributed by atoms with E-state index in [0.717, 1.165) is 55.6 Å². The molecule has 0 amide bonds. The van der Waals surface area contributed by atoms with Crippen LogP contribution in [0.15, 0.2) is 30.6 Å². The molecule has 0 aliphatic carbocycles. The monoisotopic (exact) mass is 493 g/mol. The number of fused-ring (bicyclic) bond motifs is 3. The van der Waals surface area contributed by atoms with Crippen molar-refractivity contribution in [2.24, 2.45) is 0 Å². The number of benzene rings is 2. The highest BCUT2D eigenvalue weighted by Gasteiger charge is 2.33. The fraction of sp³-hybridized carbons (Fsp3) is 0.481. The number of aliphatic hydroxyl groups is 2. The van der Waals surface area contributed by atoms with Gasteiger partial charge in [-0.1, -0.05) is 0 Å². The molecule has 3 N–H and O–H groups in total. The second-order valence-electron chi connectivity index (χ2n) is 9.66. The Hall–Kier alpha value is -3.14. The normalized spacial score (nSPS) is 16.4. The molecular formula is C27H35N5O4. The molecule has 1 atom stereocenters. The van der Waals surface area contributed by atoms with Crippen LogP contribution in [-0.4, -0.2) is 85.2 Å². The quantitative estimate of drug-likeness (QED) is 0.372. The fourth-order valence-corrected chi connectivity index (χ4v) is 5.23. The van der Waals surface area contributed by atoms with Crippen molar-refractivity contribution in [1.82, 2.24) is 14.9 Å². The first-order chi connectivity index (χ1) is 17.6. The molecule has 3 heterocycles. The van der Waals surface area contributed by atoms with E-state index in [1.165, 1.54) is 22.5 Å². The molecule has 5 rings (SSSR count). The van der Waals surface area contributed by atoms with Gasteiger partial charge in [-0.05, 0) is 69.2 Å². The molecule has 192 valence electrons. The number of aromatic nitrogens is 2. The maximum absolute atomic E-state index is 9.31. The van der Waals surface area contributed by atoms with Crippen molar-refractivity contribution < 1.29 is 19.7 Å². The van der Waals surface area contributed by atoms with Gasteiger partial charge in [0.2, 0.25) is 0 Å². The standard InChI is InChI=1S/C27H35N5O4/c1-31(2)7-3-4-19-16-32(24-12-18-5-6-28-22(18)13-20(19)24)27-21-14-25(35-10-8-33)26(36-11-9-34)15-23(21)29-17-30-27/h12-15,17,19,28,33-34H,3-11,16H2,1-2H3. The molecule has 0 saturated carbocycles. The third-order valence-electron chi connectivity index (χ3n) is 6.89. The summed E-state index contributed by atoms with van der Waals surface area (Å²) in [5, 5.41) is 22.9. The third-order valence-corrected chi connectivity index (χ3v) is 6.89. The Kier molecular flexibility index (Phi) is 7.41. The van der Waals surface area contributed by atoms with Gasteiger partial charge in [-0.15, -0.1) is 0 Å². The Morgan fingerprint density at radius 2 is 1.83 bits per heavy atom. The maximum Gasteiger partial charge on any atom is 0.163 e. The van der Waals surface area contributed by atoms with E-state index in [2.05, 4.69) is 46.3 Å². The molecular weight excluding hydrogens is 458 g/mol. The predicted molar refractivity (Wildman–Crippen MR) is 141 cm³/mol. The summed E-state index contributed by atoms with van der Waals surface area (Å²) in [6, 6.07) is 8.38. The summed E-state index contributed by atoms with van der Waals surface area (Å²) in [6.45, 7) is 2.97. The molecule has 2 aliphatic rings. The minimum Gasteiger partial charge on any atom is -0.487 e. The summed E-state index contributed by atoms with van der Waals surface area (Å²) in [7, 11) is 4.24. The first-order valence-corrected chi connectivity index (χ1v) is 12.7. The molecule has 0 fully saturated rings. The topological polar surface area (TPSA) is 103 Å². The second kappa shape index (κ2) is 10.9. The van der Waals surface area contributed by atoms with Crippen molar-refractivity contribution in [3.63, 3.8) is 0 Å². The van der Waals surface area contributed by atoms with Crippen LogP contribution in [0.2, 0.25) is 0 Å². The Labute approximate surface area is 211 Å². The smallest absolute Gasteiger partial charge is 0.163 e. The van der Waals surface area contributed by atoms with E-state index in [0.29, 0.717) is 17.4 Å². The molecule has 36 heavy (non-hydrogen) atoms. The second-order valence-corrected chi connectivity index (χ2v) is 9.66. The van der Waals surface area contributed by atoms with Crippen molar-refractivity contribution in [2.75, 3.05) is 70.4 Å². The number of anilines is 3. The number of aliphatic hydroxyl groups excluding tert-OH is 2. The van der Waals surface area contributed by atoms with Gasteiger partial charge in [0.25, 0.3) is 0 Å². The van der Waals surface area contributed by atoms with Gasteiger partial charge in [0.15, 0.2) is 11.5 Å². The van der Waals surface area contributed by atoms with E-state index < -0.39 is 0 Å². The summed E-state index contributed by atoms with van der Waals surface area (Å²) in [4.78, 5) is 13.8. The molecule has 9 heteroatoms. The van der Waals surface area contributed by atoms with Crippen molar-refractivity contribution in [3.05, 3.63) is 41.7 Å². The van der Waals surface area contributed by atoms with E-state index in [1.54, 1.807) is 6.33 Å². The number of hydrogen-bond donors (Lipinski definition) is 3. The van der Waals surface area contributed by atoms with Crippen molar-refractivity contribution in [1.29, 1.82) is 0 Å². The van der Waals surface area contributed by atoms with Crippen LogP contribution >= 0.6 is 0 Å². The number of hydrogen-bond acceptors (Lipinski definition) is 9. The third kappa shape index (κ3) is 4.91. The first kappa shape index (κ1) is 24.5. The van der Waals surface area contributed by atoms with Crippen molar-refractivity contribution in [3.8, 4) is 11.5 Å². The highest BCUT2D eigenvalue weighted by Crippen LogP contribution is 2.47. The van der Waals surface area contributed by atoms with Crippen LogP contribution in [0.25, 0.3) is 10.9 Å². The van der Waals surface area contributed by atoms with E-state index in [1.807, 2.05) is 12.1 Å². The summed E-state index contributed by atoms with van der Waals surface area (Å²) in [5.74, 6) is 2.24. The average Bonchev–Trinajstić information content (AvgIpc) is 3.48. The van der Waals surface area contributed by atoms with E-state index in [-0.39, 0.29) is 26.4 Å². The summed E-state index contributed by atoms with van der Waals surface area (Å²) >= 11 is 0. The molecule has 0 saturated heterocycles. The molecule has 2 aliphatic heterocycles. The SMILES string of the molecule is CN(C)CCCC1CN(c2ncnc3cc(OCCO)c(OCCO)cc23)c2cc3c(cc21)NCC3. The molecule has 9 nitrogen and oxygen atoms in total. The fourth-order valence-electron chi connectivity index (χ4n) is 5.23. The van der Waals surface area contributed by atoms with Crippen LogP contribution in [0.1, 0.15) is 29.9 Å². The van der Waals surface area contributed by atoms with Crippen molar-refractivity contribution in [2.45, 2.75) is 25.2 Å². The number of rotatable bonds is 11. The highest BCUT2D eigenvalue weighted by molar-refractivity contribution is 5.95. The lowest BCUT2D eigenvalue weighted by Crippen LogP contribution is -2.19. The van der Waals surface area contributed by atoms with Gasteiger partial charge in [-0.3, -0.25) is 0 Å². The van der Waals surface area contributed by atoms with Crippen molar-refractivity contribution >= 4 is 28.1 Å². The largest absolute Gasteiger partial charge is 0.487 e. The van der Waals surface area contributed by atoms with Crippen LogP contribution in [0.4, 0.5) is 17.2 Å². The zero-order valence-corrected chi connectivity index (χ0v) is 21.0. The summed E-state index contributed by atoms with van der Waals surface area (Å²) in [5.41, 5.74) is 5.92. The van der Waals surface area contributed by atoms with Gasteiger partial charge in [-0.2, -0.15) is 0 Å². The highest BCUT2D eigenvalue weighted by atomic mass is 16.5. The Bertz CT molecular complexity index is 1220. The summed E-state index contributed by atoms with van der Waals surface area (Å²) < 4.78 is 11.5.